The highest BCUT2D eigenvalue weighted by Crippen LogP contribution is 2.53. The van der Waals surface area contributed by atoms with E-state index in [0.29, 0.717) is 28.2 Å². The van der Waals surface area contributed by atoms with E-state index in [2.05, 4.69) is 0 Å². The lowest BCUT2D eigenvalue weighted by Crippen LogP contribution is -2.51. The summed E-state index contributed by atoms with van der Waals surface area (Å²) in [5, 5.41) is 20.7. The number of carbonyl (C=O) groups excluding carboxylic acids is 2. The monoisotopic (exact) mass is 516 g/mol. The molecule has 2 N–H and O–H groups in total. The molecule has 7 nitrogen and oxygen atoms in total. The van der Waals surface area contributed by atoms with Gasteiger partial charge in [0.2, 0.25) is 11.8 Å². The molecule has 9 heteroatoms. The zero-order valence-electron chi connectivity index (χ0n) is 18.9. The predicted molar refractivity (Wildman–Crippen MR) is 131 cm³/mol. The fraction of sp³-hybridized carbons (Fsp3) is 0.423. The number of carbonyl (C=O) groups is 3. The van der Waals surface area contributed by atoms with Crippen LogP contribution in [-0.2, 0) is 14.4 Å². The van der Waals surface area contributed by atoms with Gasteiger partial charge in [0.05, 0.1) is 24.1 Å². The molecule has 2 amide bonds. The van der Waals surface area contributed by atoms with Crippen LogP contribution in [0.2, 0.25) is 10.0 Å². The third kappa shape index (κ3) is 4.53. The van der Waals surface area contributed by atoms with Gasteiger partial charge in [0.15, 0.2) is 0 Å². The number of carboxylic acid groups (broad SMARTS) is 1. The normalized spacial score (nSPS) is 26.3. The number of benzene rings is 2. The Morgan fingerprint density at radius 1 is 1.03 bits per heavy atom. The summed E-state index contributed by atoms with van der Waals surface area (Å²) in [4.78, 5) is 42.7. The second-order valence-electron chi connectivity index (χ2n) is 9.71. The Hall–Kier alpha value is -2.61. The number of aliphatic hydroxyl groups excluding tert-OH is 1. The zero-order chi connectivity index (χ0) is 24.9. The maximum atomic E-state index is 14.0. The van der Waals surface area contributed by atoms with Crippen LogP contribution in [0.4, 0.5) is 5.69 Å². The first-order chi connectivity index (χ1) is 16.8. The number of fused-ring (bicyclic) bond motifs is 3. The summed E-state index contributed by atoms with van der Waals surface area (Å²) in [6.45, 7) is -0.0698. The van der Waals surface area contributed by atoms with Gasteiger partial charge in [-0.3, -0.25) is 19.3 Å². The number of hydrogen-bond donors (Lipinski definition) is 2. The molecule has 1 saturated carbocycles. The highest BCUT2D eigenvalue weighted by molar-refractivity contribution is 6.31. The number of likely N-dealkylation sites (tertiary alicyclic amines) is 1. The third-order valence-electron chi connectivity index (χ3n) is 7.42. The first-order valence-corrected chi connectivity index (χ1v) is 12.5. The van der Waals surface area contributed by atoms with Crippen LogP contribution in [0.5, 0.6) is 0 Å². The van der Waals surface area contributed by atoms with E-state index in [1.54, 1.807) is 35.2 Å². The summed E-state index contributed by atoms with van der Waals surface area (Å²) < 4.78 is 0. The van der Waals surface area contributed by atoms with Gasteiger partial charge in [0.25, 0.3) is 0 Å². The molecule has 35 heavy (non-hydrogen) atoms. The summed E-state index contributed by atoms with van der Waals surface area (Å²) in [5.74, 6) is -3.26. The second kappa shape index (κ2) is 9.45. The molecule has 2 heterocycles. The van der Waals surface area contributed by atoms with Crippen LogP contribution in [0, 0.1) is 17.8 Å². The Balaban J connectivity index is 1.73. The van der Waals surface area contributed by atoms with Crippen LogP contribution < -0.4 is 4.90 Å². The lowest BCUT2D eigenvalue weighted by Gasteiger charge is -2.45. The molecule has 2 fully saturated rings. The molecule has 0 spiro atoms. The van der Waals surface area contributed by atoms with E-state index in [9.17, 15) is 24.6 Å². The molecule has 4 atom stereocenters. The Kier molecular flexibility index (Phi) is 6.51. The average Bonchev–Trinajstić information content (AvgIpc) is 3.64. The molecule has 1 aliphatic carbocycles. The van der Waals surface area contributed by atoms with Crippen molar-refractivity contribution < 1.29 is 24.6 Å². The van der Waals surface area contributed by atoms with Crippen molar-refractivity contribution in [1.82, 2.24) is 4.90 Å². The van der Waals surface area contributed by atoms with Gasteiger partial charge >= 0.3 is 5.97 Å². The van der Waals surface area contributed by atoms with Gasteiger partial charge in [-0.05, 0) is 66.5 Å². The maximum Gasteiger partial charge on any atom is 0.304 e. The van der Waals surface area contributed by atoms with E-state index in [-0.39, 0.29) is 24.7 Å². The third-order valence-corrected chi connectivity index (χ3v) is 7.89. The number of halogens is 2. The summed E-state index contributed by atoms with van der Waals surface area (Å²) in [6.07, 6.45) is 1.86. The largest absolute Gasteiger partial charge is 0.481 e. The quantitative estimate of drug-likeness (QED) is 0.590. The van der Waals surface area contributed by atoms with E-state index in [4.69, 9.17) is 23.2 Å². The van der Waals surface area contributed by atoms with E-state index in [1.807, 2.05) is 12.1 Å². The van der Waals surface area contributed by atoms with Gasteiger partial charge in [-0.1, -0.05) is 41.4 Å². The molecule has 1 saturated heterocycles. The predicted octanol–water partition coefficient (Wildman–Crippen LogP) is 4.46. The topological polar surface area (TPSA) is 98.2 Å². The van der Waals surface area contributed by atoms with Crippen LogP contribution in [0.15, 0.2) is 42.5 Å². The number of rotatable bonds is 6. The first kappa shape index (κ1) is 24.1. The van der Waals surface area contributed by atoms with Gasteiger partial charge in [-0.15, -0.1) is 0 Å². The number of amides is 2. The summed E-state index contributed by atoms with van der Waals surface area (Å²) in [5.41, 5.74) is 1.97. The van der Waals surface area contributed by atoms with Crippen molar-refractivity contribution in [2.45, 2.75) is 37.6 Å². The number of aliphatic hydroxyl groups is 1. The highest BCUT2D eigenvalue weighted by Gasteiger charge is 2.53. The first-order valence-electron chi connectivity index (χ1n) is 11.8. The Labute approximate surface area is 213 Å². The Morgan fingerprint density at radius 3 is 2.43 bits per heavy atom. The highest BCUT2D eigenvalue weighted by atomic mass is 35.5. The van der Waals surface area contributed by atoms with Crippen molar-refractivity contribution in [2.75, 3.05) is 18.2 Å². The van der Waals surface area contributed by atoms with Gasteiger partial charge < -0.3 is 15.1 Å². The van der Waals surface area contributed by atoms with Gasteiger partial charge in [-0.25, -0.2) is 0 Å². The Bertz CT molecular complexity index is 1180. The van der Waals surface area contributed by atoms with Crippen molar-refractivity contribution in [3.63, 3.8) is 0 Å². The van der Waals surface area contributed by atoms with Crippen LogP contribution in [0.1, 0.15) is 48.8 Å². The number of nitrogens with zero attached hydrogens (tertiary/aromatic N) is 2. The van der Waals surface area contributed by atoms with Crippen molar-refractivity contribution in [3.8, 4) is 0 Å². The lowest BCUT2D eigenvalue weighted by molar-refractivity contribution is -0.146. The minimum atomic E-state index is -1.06. The maximum absolute atomic E-state index is 14.0. The van der Waals surface area contributed by atoms with Crippen molar-refractivity contribution >= 4 is 46.7 Å². The van der Waals surface area contributed by atoms with Crippen molar-refractivity contribution in [1.29, 1.82) is 0 Å². The van der Waals surface area contributed by atoms with Crippen LogP contribution in [0.3, 0.4) is 0 Å². The number of aliphatic carboxylic acids is 1. The number of anilines is 1. The summed E-state index contributed by atoms with van der Waals surface area (Å²) in [6, 6.07) is 11.7. The lowest BCUT2D eigenvalue weighted by atomic mass is 9.73. The van der Waals surface area contributed by atoms with Gasteiger partial charge in [-0.2, -0.15) is 0 Å². The van der Waals surface area contributed by atoms with Gasteiger partial charge in [0, 0.05) is 22.5 Å². The van der Waals surface area contributed by atoms with Crippen LogP contribution >= 0.6 is 23.2 Å². The number of carboxylic acids is 1. The summed E-state index contributed by atoms with van der Waals surface area (Å²) in [7, 11) is 0. The molecule has 2 unspecified atom stereocenters. The minimum Gasteiger partial charge on any atom is -0.481 e. The molecule has 0 bridgehead atoms. The minimum absolute atomic E-state index is 0.196. The van der Waals surface area contributed by atoms with Crippen LogP contribution in [0.25, 0.3) is 0 Å². The van der Waals surface area contributed by atoms with E-state index < -0.39 is 36.5 Å². The molecule has 2 aromatic carbocycles. The van der Waals surface area contributed by atoms with Gasteiger partial charge in [0.1, 0.15) is 6.73 Å². The Morgan fingerprint density at radius 2 is 1.77 bits per heavy atom. The molecular formula is C26H26Cl2N2O5. The molecule has 2 aromatic rings. The molecule has 3 aliphatic rings. The van der Waals surface area contributed by atoms with E-state index in [1.165, 1.54) is 4.90 Å². The fourth-order valence-corrected chi connectivity index (χ4v) is 6.06. The zero-order valence-corrected chi connectivity index (χ0v) is 20.5. The van der Waals surface area contributed by atoms with E-state index >= 15 is 0 Å². The molecule has 0 radical (unpaired) electrons. The second-order valence-corrected chi connectivity index (χ2v) is 10.6. The molecule has 5 rings (SSSR count). The van der Waals surface area contributed by atoms with E-state index in [0.717, 1.165) is 24.0 Å². The standard InChI is InChI=1S/C26H26Cl2N2O5/c27-17-3-1-2-15(8-17)20-9-16(10-22(32)33)25(34)29(12-14-4-5-14)24-19-7-6-18(28)11-21(19)30(13-31)26(35)23(20)24/h1-3,6-8,11,14,16,20,23-24,31H,4-5,9-10,12-13H2,(H,32,33)/t16?,20-,23?,24+/m1/s1. The smallest absolute Gasteiger partial charge is 0.304 e. The molecule has 0 aromatic heterocycles. The molecule has 2 aliphatic heterocycles. The SMILES string of the molecule is O=C(O)CC1C[C@H](c2cccc(Cl)c2)C2C(=O)N(CO)c3cc(Cl)ccc3[C@@H]2N(CC2CC2)C1=O. The molecule has 184 valence electrons. The fourth-order valence-electron chi connectivity index (χ4n) is 5.70. The number of hydrogen-bond acceptors (Lipinski definition) is 4. The average molecular weight is 517 g/mol. The van der Waals surface area contributed by atoms with Crippen LogP contribution in [-0.4, -0.2) is 46.2 Å². The van der Waals surface area contributed by atoms with Crippen molar-refractivity contribution in [2.24, 2.45) is 17.8 Å². The molecular weight excluding hydrogens is 491 g/mol. The summed E-state index contributed by atoms with van der Waals surface area (Å²) >= 11 is 12.6. The van der Waals surface area contributed by atoms with Crippen molar-refractivity contribution in [3.05, 3.63) is 63.6 Å².